The van der Waals surface area contributed by atoms with Crippen LogP contribution in [0.5, 0.6) is 5.75 Å². The Morgan fingerprint density at radius 1 is 1.17 bits per heavy atom. The van der Waals surface area contributed by atoms with Gasteiger partial charge in [-0.15, -0.1) is 12.4 Å². The van der Waals surface area contributed by atoms with Gasteiger partial charge in [0.2, 0.25) is 5.91 Å². The van der Waals surface area contributed by atoms with Crippen LogP contribution in [0.3, 0.4) is 0 Å². The topological polar surface area (TPSA) is 50.4 Å². The van der Waals surface area contributed by atoms with Crippen molar-refractivity contribution in [3.8, 4) is 5.75 Å². The van der Waals surface area contributed by atoms with Gasteiger partial charge in [0.1, 0.15) is 5.75 Å². The molecule has 0 aliphatic heterocycles. The average Bonchev–Trinajstić information content (AvgIpc) is 2.60. The summed E-state index contributed by atoms with van der Waals surface area (Å²) in [5.74, 6) is 0.481. The van der Waals surface area contributed by atoms with Gasteiger partial charge in [-0.25, -0.2) is 0 Å². The van der Waals surface area contributed by atoms with Crippen LogP contribution < -0.4 is 15.4 Å². The van der Waals surface area contributed by atoms with Crippen molar-refractivity contribution in [2.75, 3.05) is 19.0 Å². The highest BCUT2D eigenvalue weighted by Crippen LogP contribution is 2.23. The van der Waals surface area contributed by atoms with Crippen LogP contribution in [-0.2, 0) is 11.3 Å². The molecule has 2 aromatic rings. The number of halogens is 1. The number of benzene rings is 2. The number of anilines is 1. The number of methoxy groups -OCH3 is 1. The van der Waals surface area contributed by atoms with Crippen LogP contribution in [0.2, 0.25) is 0 Å². The van der Waals surface area contributed by atoms with Gasteiger partial charge in [-0.3, -0.25) is 4.79 Å². The Morgan fingerprint density at radius 2 is 1.92 bits per heavy atom. The van der Waals surface area contributed by atoms with E-state index in [2.05, 4.69) is 17.6 Å². The van der Waals surface area contributed by atoms with E-state index in [1.807, 2.05) is 55.5 Å². The molecule has 0 aromatic heterocycles. The van der Waals surface area contributed by atoms with Gasteiger partial charge >= 0.3 is 0 Å². The van der Waals surface area contributed by atoms with Crippen molar-refractivity contribution in [1.29, 1.82) is 0 Å². The molecule has 0 spiro atoms. The SMILES string of the molecule is CCNCc1ccccc1NC(=O)C(C)c1cccc(OC)c1.Cl. The summed E-state index contributed by atoms with van der Waals surface area (Å²) in [6, 6.07) is 15.5. The largest absolute Gasteiger partial charge is 0.497 e. The third kappa shape index (κ3) is 5.25. The van der Waals surface area contributed by atoms with E-state index in [0.717, 1.165) is 35.7 Å². The maximum Gasteiger partial charge on any atom is 0.231 e. The zero-order chi connectivity index (χ0) is 16.7. The molecule has 0 bridgehead atoms. The first-order chi connectivity index (χ1) is 11.2. The predicted octanol–water partition coefficient (Wildman–Crippen LogP) is 3.97. The molecule has 1 amide bonds. The summed E-state index contributed by atoms with van der Waals surface area (Å²) in [6.45, 7) is 5.59. The lowest BCUT2D eigenvalue weighted by molar-refractivity contribution is -0.117. The van der Waals surface area contributed by atoms with Gasteiger partial charge in [-0.2, -0.15) is 0 Å². The zero-order valence-corrected chi connectivity index (χ0v) is 15.2. The molecular formula is C19H25ClN2O2. The number of hydrogen-bond donors (Lipinski definition) is 2. The van der Waals surface area contributed by atoms with Crippen LogP contribution in [0.1, 0.15) is 30.9 Å². The molecule has 0 aliphatic carbocycles. The first-order valence-electron chi connectivity index (χ1n) is 7.89. The van der Waals surface area contributed by atoms with Crippen molar-refractivity contribution in [3.63, 3.8) is 0 Å². The number of amides is 1. The van der Waals surface area contributed by atoms with Gasteiger partial charge < -0.3 is 15.4 Å². The lowest BCUT2D eigenvalue weighted by atomic mass is 9.99. The minimum absolute atomic E-state index is 0. The van der Waals surface area contributed by atoms with Crippen LogP contribution in [0.4, 0.5) is 5.69 Å². The molecule has 130 valence electrons. The molecule has 5 heteroatoms. The van der Waals surface area contributed by atoms with E-state index >= 15 is 0 Å². The van der Waals surface area contributed by atoms with Crippen molar-refractivity contribution < 1.29 is 9.53 Å². The van der Waals surface area contributed by atoms with Crippen LogP contribution in [0, 0.1) is 0 Å². The second-order valence-corrected chi connectivity index (χ2v) is 5.43. The van der Waals surface area contributed by atoms with Gasteiger partial charge in [0.05, 0.1) is 13.0 Å². The molecule has 24 heavy (non-hydrogen) atoms. The van der Waals surface area contributed by atoms with E-state index in [-0.39, 0.29) is 24.2 Å². The van der Waals surface area contributed by atoms with E-state index < -0.39 is 0 Å². The maximum atomic E-state index is 12.6. The predicted molar refractivity (Wildman–Crippen MR) is 101 cm³/mol. The number of nitrogens with one attached hydrogen (secondary N) is 2. The minimum Gasteiger partial charge on any atom is -0.497 e. The fourth-order valence-corrected chi connectivity index (χ4v) is 2.36. The number of carbonyl (C=O) groups excluding carboxylic acids is 1. The molecule has 0 heterocycles. The highest BCUT2D eigenvalue weighted by Gasteiger charge is 2.17. The Labute approximate surface area is 150 Å². The Hall–Kier alpha value is -2.04. The Morgan fingerprint density at radius 3 is 2.62 bits per heavy atom. The van der Waals surface area contributed by atoms with Crippen molar-refractivity contribution in [3.05, 3.63) is 59.7 Å². The van der Waals surface area contributed by atoms with Gasteiger partial charge in [0, 0.05) is 12.2 Å². The summed E-state index contributed by atoms with van der Waals surface area (Å²) in [4.78, 5) is 12.6. The van der Waals surface area contributed by atoms with Crippen LogP contribution in [-0.4, -0.2) is 19.6 Å². The summed E-state index contributed by atoms with van der Waals surface area (Å²) in [5.41, 5.74) is 2.87. The molecule has 1 unspecified atom stereocenters. The number of carbonyl (C=O) groups is 1. The van der Waals surface area contributed by atoms with E-state index in [1.54, 1.807) is 7.11 Å². The van der Waals surface area contributed by atoms with Gasteiger partial charge in [0.15, 0.2) is 0 Å². The molecule has 1 atom stereocenters. The molecular weight excluding hydrogens is 324 g/mol. The van der Waals surface area contributed by atoms with Crippen LogP contribution >= 0.6 is 12.4 Å². The van der Waals surface area contributed by atoms with Crippen molar-refractivity contribution in [2.24, 2.45) is 0 Å². The Kier molecular flexibility index (Phi) is 8.30. The van der Waals surface area contributed by atoms with E-state index in [0.29, 0.717) is 0 Å². The molecule has 0 radical (unpaired) electrons. The second kappa shape index (κ2) is 9.96. The molecule has 2 N–H and O–H groups in total. The summed E-state index contributed by atoms with van der Waals surface area (Å²) in [5, 5.41) is 6.32. The molecule has 4 nitrogen and oxygen atoms in total. The number of ether oxygens (including phenoxy) is 1. The molecule has 0 saturated carbocycles. The normalized spacial score (nSPS) is 11.3. The fourth-order valence-electron chi connectivity index (χ4n) is 2.36. The molecule has 0 saturated heterocycles. The summed E-state index contributed by atoms with van der Waals surface area (Å²) in [6.07, 6.45) is 0. The molecule has 0 aliphatic rings. The van der Waals surface area contributed by atoms with Gasteiger partial charge in [-0.1, -0.05) is 37.3 Å². The zero-order valence-electron chi connectivity index (χ0n) is 14.3. The van der Waals surface area contributed by atoms with E-state index in [4.69, 9.17) is 4.74 Å². The summed E-state index contributed by atoms with van der Waals surface area (Å²) < 4.78 is 5.23. The monoisotopic (exact) mass is 348 g/mol. The minimum atomic E-state index is -0.253. The highest BCUT2D eigenvalue weighted by atomic mass is 35.5. The number of para-hydroxylation sites is 1. The van der Waals surface area contributed by atoms with Gasteiger partial charge in [0.25, 0.3) is 0 Å². The summed E-state index contributed by atoms with van der Waals surface area (Å²) >= 11 is 0. The molecule has 2 rings (SSSR count). The second-order valence-electron chi connectivity index (χ2n) is 5.43. The third-order valence-corrected chi connectivity index (χ3v) is 3.83. The maximum absolute atomic E-state index is 12.6. The highest BCUT2D eigenvalue weighted by molar-refractivity contribution is 5.96. The fraction of sp³-hybridized carbons (Fsp3) is 0.316. The first kappa shape index (κ1) is 20.0. The van der Waals surface area contributed by atoms with Gasteiger partial charge in [-0.05, 0) is 42.8 Å². The van der Waals surface area contributed by atoms with Crippen molar-refractivity contribution >= 4 is 24.0 Å². The summed E-state index contributed by atoms with van der Waals surface area (Å²) in [7, 11) is 1.63. The standard InChI is InChI=1S/C19H24N2O2.ClH/c1-4-20-13-16-8-5-6-11-18(16)21-19(22)14(2)15-9-7-10-17(12-15)23-3;/h5-12,14,20H,4,13H2,1-3H3,(H,21,22);1H. The number of hydrogen-bond acceptors (Lipinski definition) is 3. The lowest BCUT2D eigenvalue weighted by Crippen LogP contribution is -2.21. The molecule has 2 aromatic carbocycles. The smallest absolute Gasteiger partial charge is 0.231 e. The number of rotatable bonds is 7. The average molecular weight is 349 g/mol. The van der Waals surface area contributed by atoms with Crippen LogP contribution in [0.25, 0.3) is 0 Å². The van der Waals surface area contributed by atoms with Crippen molar-refractivity contribution in [1.82, 2.24) is 5.32 Å². The van der Waals surface area contributed by atoms with Crippen LogP contribution in [0.15, 0.2) is 48.5 Å². The Bertz CT molecular complexity index is 661. The lowest BCUT2D eigenvalue weighted by Gasteiger charge is -2.16. The quantitative estimate of drug-likeness (QED) is 0.796. The third-order valence-electron chi connectivity index (χ3n) is 3.83. The first-order valence-corrected chi connectivity index (χ1v) is 7.89. The Balaban J connectivity index is 0.00000288. The van der Waals surface area contributed by atoms with E-state index in [1.165, 1.54) is 0 Å². The van der Waals surface area contributed by atoms with Crippen molar-refractivity contribution in [2.45, 2.75) is 26.3 Å². The van der Waals surface area contributed by atoms with E-state index in [9.17, 15) is 4.79 Å². The molecule has 0 fully saturated rings.